The van der Waals surface area contributed by atoms with E-state index in [4.69, 9.17) is 9.47 Å². The van der Waals surface area contributed by atoms with Gasteiger partial charge in [-0.2, -0.15) is 0 Å². The molecule has 1 aliphatic heterocycles. The second-order valence-corrected chi connectivity index (χ2v) is 6.52. The molecule has 3 rings (SSSR count). The number of aryl methyl sites for hydroxylation is 1. The highest BCUT2D eigenvalue weighted by molar-refractivity contribution is 6.04. The zero-order valence-electron chi connectivity index (χ0n) is 16.1. The van der Waals surface area contributed by atoms with Crippen LogP contribution in [0.1, 0.15) is 22.8 Å². The predicted molar refractivity (Wildman–Crippen MR) is 104 cm³/mol. The number of hydrogen-bond acceptors (Lipinski definition) is 4. The number of ether oxygens (including phenoxy) is 2. The van der Waals surface area contributed by atoms with Crippen LogP contribution in [0.2, 0.25) is 0 Å². The lowest BCUT2D eigenvalue weighted by molar-refractivity contribution is -0.124. The lowest BCUT2D eigenvalue weighted by atomic mass is 10.0. The van der Waals surface area contributed by atoms with Gasteiger partial charge in [-0.25, -0.2) is 0 Å². The van der Waals surface area contributed by atoms with Gasteiger partial charge in [-0.1, -0.05) is 18.2 Å². The number of anilines is 1. The van der Waals surface area contributed by atoms with E-state index in [-0.39, 0.29) is 11.8 Å². The molecule has 0 aromatic heterocycles. The number of carbonyl (C=O) groups excluding carboxylic acids is 2. The number of benzene rings is 2. The van der Waals surface area contributed by atoms with Crippen LogP contribution < -0.4 is 14.4 Å². The minimum absolute atomic E-state index is 0.119. The molecule has 1 atom stereocenters. The third-order valence-electron chi connectivity index (χ3n) is 4.97. The Hall–Kier alpha value is -3.02. The SMILES string of the molecule is COc1ccc(OC)c(N2CCN(C(=O)c3ccccc3C)[C@H](C)C2=O)c1. The molecule has 6 nitrogen and oxygen atoms in total. The zero-order valence-corrected chi connectivity index (χ0v) is 16.1. The van der Waals surface area contributed by atoms with Gasteiger partial charge in [0.15, 0.2) is 0 Å². The number of nitrogens with zero attached hydrogens (tertiary/aromatic N) is 2. The third kappa shape index (κ3) is 3.47. The first kappa shape index (κ1) is 18.8. The van der Waals surface area contributed by atoms with Crippen molar-refractivity contribution in [1.82, 2.24) is 4.90 Å². The highest BCUT2D eigenvalue weighted by Crippen LogP contribution is 2.34. The number of carbonyl (C=O) groups is 2. The van der Waals surface area contributed by atoms with Crippen molar-refractivity contribution in [1.29, 1.82) is 0 Å². The van der Waals surface area contributed by atoms with E-state index < -0.39 is 6.04 Å². The molecule has 2 amide bonds. The fourth-order valence-electron chi connectivity index (χ4n) is 3.36. The van der Waals surface area contributed by atoms with Crippen molar-refractivity contribution in [2.45, 2.75) is 19.9 Å². The molecular weight excluding hydrogens is 344 g/mol. The van der Waals surface area contributed by atoms with Crippen molar-refractivity contribution >= 4 is 17.5 Å². The highest BCUT2D eigenvalue weighted by atomic mass is 16.5. The average molecular weight is 368 g/mol. The standard InChI is InChI=1S/C21H24N2O4/c1-14-7-5-6-8-17(14)21(25)22-11-12-23(20(24)15(22)2)18-13-16(26-3)9-10-19(18)27-4/h5-10,13,15H,11-12H2,1-4H3/t15-/m1/s1. The third-order valence-corrected chi connectivity index (χ3v) is 4.97. The van der Waals surface area contributed by atoms with Gasteiger partial charge in [-0.05, 0) is 37.6 Å². The number of amides is 2. The molecule has 0 radical (unpaired) electrons. The summed E-state index contributed by atoms with van der Waals surface area (Å²) < 4.78 is 10.7. The van der Waals surface area contributed by atoms with E-state index in [9.17, 15) is 9.59 Å². The average Bonchev–Trinajstić information content (AvgIpc) is 2.69. The number of rotatable bonds is 4. The van der Waals surface area contributed by atoms with E-state index in [0.717, 1.165) is 5.56 Å². The minimum atomic E-state index is -0.568. The van der Waals surface area contributed by atoms with E-state index >= 15 is 0 Å². The first-order chi connectivity index (χ1) is 13.0. The van der Waals surface area contributed by atoms with E-state index in [2.05, 4.69) is 0 Å². The first-order valence-electron chi connectivity index (χ1n) is 8.88. The maximum absolute atomic E-state index is 13.1. The molecule has 1 fully saturated rings. The van der Waals surface area contributed by atoms with Crippen molar-refractivity contribution < 1.29 is 19.1 Å². The van der Waals surface area contributed by atoms with Gasteiger partial charge in [0.1, 0.15) is 17.5 Å². The molecule has 142 valence electrons. The summed E-state index contributed by atoms with van der Waals surface area (Å²) in [6.07, 6.45) is 0. The Morgan fingerprint density at radius 2 is 1.81 bits per heavy atom. The van der Waals surface area contributed by atoms with Crippen LogP contribution in [-0.2, 0) is 4.79 Å². The molecule has 0 unspecified atom stereocenters. The molecule has 0 N–H and O–H groups in total. The van der Waals surface area contributed by atoms with Gasteiger partial charge in [-0.3, -0.25) is 9.59 Å². The number of piperazine rings is 1. The van der Waals surface area contributed by atoms with Crippen molar-refractivity contribution in [3.05, 3.63) is 53.6 Å². The van der Waals surface area contributed by atoms with Crippen LogP contribution in [0.4, 0.5) is 5.69 Å². The monoisotopic (exact) mass is 368 g/mol. The Kier molecular flexibility index (Phi) is 5.35. The second-order valence-electron chi connectivity index (χ2n) is 6.52. The molecule has 0 spiro atoms. The molecule has 27 heavy (non-hydrogen) atoms. The molecule has 6 heteroatoms. The maximum atomic E-state index is 13.1. The summed E-state index contributed by atoms with van der Waals surface area (Å²) >= 11 is 0. The summed E-state index contributed by atoms with van der Waals surface area (Å²) in [4.78, 5) is 29.3. The van der Waals surface area contributed by atoms with Crippen molar-refractivity contribution in [2.24, 2.45) is 0 Å². The van der Waals surface area contributed by atoms with Gasteiger partial charge in [0.2, 0.25) is 5.91 Å². The van der Waals surface area contributed by atoms with Crippen LogP contribution in [0, 0.1) is 6.92 Å². The summed E-state index contributed by atoms with van der Waals surface area (Å²) in [6.45, 7) is 4.50. The fraction of sp³-hybridized carbons (Fsp3) is 0.333. The lowest BCUT2D eigenvalue weighted by Crippen LogP contribution is -2.57. The Bertz CT molecular complexity index is 865. The lowest BCUT2D eigenvalue weighted by Gasteiger charge is -2.39. The summed E-state index contributed by atoms with van der Waals surface area (Å²) in [5, 5.41) is 0. The first-order valence-corrected chi connectivity index (χ1v) is 8.88. The summed E-state index contributed by atoms with van der Waals surface area (Å²) in [7, 11) is 3.14. The number of hydrogen-bond donors (Lipinski definition) is 0. The molecule has 1 aliphatic rings. The summed E-state index contributed by atoms with van der Waals surface area (Å²) in [5.74, 6) is 0.973. The van der Waals surface area contributed by atoms with Crippen LogP contribution in [0.5, 0.6) is 11.5 Å². The quantitative estimate of drug-likeness (QED) is 0.833. The minimum Gasteiger partial charge on any atom is -0.497 e. The molecule has 2 aromatic rings. The Morgan fingerprint density at radius 1 is 1.07 bits per heavy atom. The summed E-state index contributed by atoms with van der Waals surface area (Å²) in [6, 6.07) is 12.2. The Labute approximate surface area is 159 Å². The van der Waals surface area contributed by atoms with Crippen molar-refractivity contribution in [2.75, 3.05) is 32.2 Å². The molecule has 0 aliphatic carbocycles. The molecule has 2 aromatic carbocycles. The van der Waals surface area contributed by atoms with Crippen molar-refractivity contribution in [3.8, 4) is 11.5 Å². The molecular formula is C21H24N2O4. The van der Waals surface area contributed by atoms with E-state index in [0.29, 0.717) is 35.8 Å². The molecule has 0 bridgehead atoms. The van der Waals surface area contributed by atoms with E-state index in [1.807, 2.05) is 25.1 Å². The van der Waals surface area contributed by atoms with Gasteiger partial charge in [0.25, 0.3) is 5.91 Å². The Balaban J connectivity index is 1.87. The largest absolute Gasteiger partial charge is 0.497 e. The molecule has 1 saturated heterocycles. The smallest absolute Gasteiger partial charge is 0.254 e. The van der Waals surface area contributed by atoms with Gasteiger partial charge in [0, 0.05) is 24.7 Å². The Morgan fingerprint density at radius 3 is 2.48 bits per heavy atom. The maximum Gasteiger partial charge on any atom is 0.254 e. The highest BCUT2D eigenvalue weighted by Gasteiger charge is 2.36. The normalized spacial score (nSPS) is 17.0. The van der Waals surface area contributed by atoms with Gasteiger partial charge >= 0.3 is 0 Å². The number of methoxy groups -OCH3 is 2. The second kappa shape index (κ2) is 7.70. The van der Waals surface area contributed by atoms with Crippen LogP contribution in [0.3, 0.4) is 0 Å². The van der Waals surface area contributed by atoms with Gasteiger partial charge < -0.3 is 19.3 Å². The van der Waals surface area contributed by atoms with Crippen LogP contribution >= 0.6 is 0 Å². The molecule has 1 heterocycles. The van der Waals surface area contributed by atoms with Crippen molar-refractivity contribution in [3.63, 3.8) is 0 Å². The van der Waals surface area contributed by atoms with Crippen LogP contribution in [0.25, 0.3) is 0 Å². The zero-order chi connectivity index (χ0) is 19.6. The van der Waals surface area contributed by atoms with Crippen LogP contribution in [-0.4, -0.2) is 50.1 Å². The van der Waals surface area contributed by atoms with E-state index in [1.54, 1.807) is 55.2 Å². The summed E-state index contributed by atoms with van der Waals surface area (Å²) in [5.41, 5.74) is 2.18. The van der Waals surface area contributed by atoms with E-state index in [1.165, 1.54) is 0 Å². The molecule has 0 saturated carbocycles. The predicted octanol–water partition coefficient (Wildman–Crippen LogP) is 2.89. The van der Waals surface area contributed by atoms with Gasteiger partial charge in [-0.15, -0.1) is 0 Å². The topological polar surface area (TPSA) is 59.1 Å². The fourth-order valence-corrected chi connectivity index (χ4v) is 3.36. The van der Waals surface area contributed by atoms with Crippen LogP contribution in [0.15, 0.2) is 42.5 Å². The van der Waals surface area contributed by atoms with Gasteiger partial charge in [0.05, 0.1) is 19.9 Å².